The van der Waals surface area contributed by atoms with Crippen LogP contribution in [0.2, 0.25) is 5.02 Å². The second kappa shape index (κ2) is 9.85. The van der Waals surface area contributed by atoms with E-state index in [0.717, 1.165) is 11.3 Å². The Balaban J connectivity index is 1.81. The predicted molar refractivity (Wildman–Crippen MR) is 122 cm³/mol. The topological polar surface area (TPSA) is 75.7 Å². The fourth-order valence-corrected chi connectivity index (χ4v) is 4.37. The smallest absolute Gasteiger partial charge is 0.261 e. The molecule has 0 bridgehead atoms. The van der Waals surface area contributed by atoms with Crippen molar-refractivity contribution in [3.05, 3.63) is 88.9 Å². The molecule has 0 unspecified atom stereocenters. The average molecular weight is 459 g/mol. The first-order valence-electron chi connectivity index (χ1n) is 9.63. The Bertz CT molecular complexity index is 1160. The Kier molecular flexibility index (Phi) is 7.20. The Labute approximate surface area is 187 Å². The number of hydrogen-bond donors (Lipinski definition) is 1. The fourth-order valence-electron chi connectivity index (χ4n) is 3.01. The molecular weight excluding hydrogens is 436 g/mol. The molecule has 0 heterocycles. The molecule has 0 spiro atoms. The van der Waals surface area contributed by atoms with Gasteiger partial charge in [0, 0.05) is 18.7 Å². The molecule has 8 heteroatoms. The van der Waals surface area contributed by atoms with Crippen LogP contribution in [0.4, 0.5) is 5.69 Å². The number of halogens is 1. The second-order valence-electron chi connectivity index (χ2n) is 6.78. The number of hydrogen-bond acceptors (Lipinski definition) is 4. The van der Waals surface area contributed by atoms with Gasteiger partial charge in [0.05, 0.1) is 22.7 Å². The van der Waals surface area contributed by atoms with Crippen molar-refractivity contribution >= 4 is 33.2 Å². The van der Waals surface area contributed by atoms with Gasteiger partial charge in [-0.1, -0.05) is 41.9 Å². The van der Waals surface area contributed by atoms with Gasteiger partial charge in [0.15, 0.2) is 0 Å². The van der Waals surface area contributed by atoms with Crippen LogP contribution < -0.4 is 9.46 Å². The average Bonchev–Trinajstić information content (AvgIpc) is 2.79. The van der Waals surface area contributed by atoms with Gasteiger partial charge < -0.3 is 9.64 Å². The van der Waals surface area contributed by atoms with Gasteiger partial charge >= 0.3 is 0 Å². The van der Waals surface area contributed by atoms with Crippen molar-refractivity contribution in [2.45, 2.75) is 18.4 Å². The zero-order valence-electron chi connectivity index (χ0n) is 17.2. The van der Waals surface area contributed by atoms with E-state index in [0.29, 0.717) is 13.1 Å². The molecule has 0 fully saturated rings. The van der Waals surface area contributed by atoms with E-state index in [1.807, 2.05) is 31.2 Å². The summed E-state index contributed by atoms with van der Waals surface area (Å²) >= 11 is 6.06. The van der Waals surface area contributed by atoms with E-state index < -0.39 is 10.0 Å². The SMILES string of the molecule is CCN(Cc1ccc(OC)cc1)C(=O)c1cccc(S(=O)(=O)Nc2ccccc2Cl)c1. The van der Waals surface area contributed by atoms with Crippen molar-refractivity contribution in [1.82, 2.24) is 4.90 Å². The lowest BCUT2D eigenvalue weighted by Crippen LogP contribution is -2.30. The number of carbonyl (C=O) groups excluding carboxylic acids is 1. The zero-order valence-corrected chi connectivity index (χ0v) is 18.8. The third-order valence-electron chi connectivity index (χ3n) is 4.71. The molecule has 1 N–H and O–H groups in total. The molecule has 3 aromatic rings. The number of rotatable bonds is 8. The highest BCUT2D eigenvalue weighted by Gasteiger charge is 2.20. The summed E-state index contributed by atoms with van der Waals surface area (Å²) in [5.74, 6) is 0.482. The van der Waals surface area contributed by atoms with Crippen LogP contribution in [-0.4, -0.2) is 32.9 Å². The minimum atomic E-state index is -3.91. The number of para-hydroxylation sites is 1. The van der Waals surface area contributed by atoms with Crippen molar-refractivity contribution in [1.29, 1.82) is 0 Å². The molecule has 0 saturated carbocycles. The van der Waals surface area contributed by atoms with Crippen molar-refractivity contribution in [2.24, 2.45) is 0 Å². The minimum Gasteiger partial charge on any atom is -0.497 e. The van der Waals surface area contributed by atoms with E-state index in [-0.39, 0.29) is 27.1 Å². The molecule has 31 heavy (non-hydrogen) atoms. The largest absolute Gasteiger partial charge is 0.497 e. The summed E-state index contributed by atoms with van der Waals surface area (Å²) in [4.78, 5) is 14.7. The van der Waals surface area contributed by atoms with E-state index >= 15 is 0 Å². The molecule has 3 rings (SSSR count). The van der Waals surface area contributed by atoms with E-state index in [9.17, 15) is 13.2 Å². The maximum Gasteiger partial charge on any atom is 0.261 e. The predicted octanol–water partition coefficient (Wildman–Crippen LogP) is 4.81. The number of carbonyl (C=O) groups is 1. The van der Waals surface area contributed by atoms with Crippen molar-refractivity contribution in [3.8, 4) is 5.75 Å². The van der Waals surface area contributed by atoms with Gasteiger partial charge in [-0.15, -0.1) is 0 Å². The van der Waals surface area contributed by atoms with E-state index in [2.05, 4.69) is 4.72 Å². The Morgan fingerprint density at radius 2 is 1.74 bits per heavy atom. The van der Waals surface area contributed by atoms with Crippen LogP contribution in [0.15, 0.2) is 77.7 Å². The normalized spacial score (nSPS) is 11.1. The van der Waals surface area contributed by atoms with E-state index in [4.69, 9.17) is 16.3 Å². The first kappa shape index (κ1) is 22.7. The summed E-state index contributed by atoms with van der Waals surface area (Å²) in [5, 5.41) is 0.287. The molecule has 0 aromatic heterocycles. The molecule has 0 radical (unpaired) electrons. The minimum absolute atomic E-state index is 0.0150. The van der Waals surface area contributed by atoms with Gasteiger partial charge in [-0.3, -0.25) is 9.52 Å². The number of nitrogens with one attached hydrogen (secondary N) is 1. The van der Waals surface area contributed by atoms with Crippen molar-refractivity contribution < 1.29 is 17.9 Å². The first-order valence-corrected chi connectivity index (χ1v) is 11.5. The van der Waals surface area contributed by atoms with Crippen LogP contribution in [-0.2, 0) is 16.6 Å². The highest BCUT2D eigenvalue weighted by atomic mass is 35.5. The highest BCUT2D eigenvalue weighted by Crippen LogP contribution is 2.24. The molecule has 0 saturated heterocycles. The number of ether oxygens (including phenoxy) is 1. The molecule has 0 aliphatic rings. The van der Waals surface area contributed by atoms with Gasteiger partial charge in [-0.2, -0.15) is 0 Å². The molecule has 3 aromatic carbocycles. The molecule has 0 aliphatic carbocycles. The third-order valence-corrected chi connectivity index (χ3v) is 6.40. The van der Waals surface area contributed by atoms with Crippen LogP contribution in [0.25, 0.3) is 0 Å². The lowest BCUT2D eigenvalue weighted by atomic mass is 10.1. The quantitative estimate of drug-likeness (QED) is 0.525. The molecule has 6 nitrogen and oxygen atoms in total. The molecule has 0 atom stereocenters. The maximum atomic E-state index is 13.1. The monoisotopic (exact) mass is 458 g/mol. The Morgan fingerprint density at radius 3 is 2.39 bits per heavy atom. The van der Waals surface area contributed by atoms with E-state index in [1.54, 1.807) is 48.4 Å². The highest BCUT2D eigenvalue weighted by molar-refractivity contribution is 7.92. The second-order valence-corrected chi connectivity index (χ2v) is 8.87. The molecule has 1 amide bonds. The third kappa shape index (κ3) is 5.57. The standard InChI is InChI=1S/C23H23ClN2O4S/c1-3-26(16-17-11-13-19(30-2)14-12-17)23(27)18-7-6-8-20(15-18)31(28,29)25-22-10-5-4-9-21(22)24/h4-15,25H,3,16H2,1-2H3. The van der Waals surface area contributed by atoms with Gasteiger partial charge in [-0.25, -0.2) is 8.42 Å². The van der Waals surface area contributed by atoms with Gasteiger partial charge in [-0.05, 0) is 55.0 Å². The van der Waals surface area contributed by atoms with Crippen LogP contribution >= 0.6 is 11.6 Å². The number of benzene rings is 3. The number of nitrogens with zero attached hydrogens (tertiary/aromatic N) is 1. The summed E-state index contributed by atoms with van der Waals surface area (Å²) in [6.07, 6.45) is 0. The van der Waals surface area contributed by atoms with Gasteiger partial charge in [0.2, 0.25) is 0 Å². The van der Waals surface area contributed by atoms with Gasteiger partial charge in [0.25, 0.3) is 15.9 Å². The lowest BCUT2D eigenvalue weighted by Gasteiger charge is -2.21. The maximum absolute atomic E-state index is 13.1. The number of sulfonamides is 1. The number of methoxy groups -OCH3 is 1. The van der Waals surface area contributed by atoms with Crippen LogP contribution in [0.1, 0.15) is 22.8 Å². The lowest BCUT2D eigenvalue weighted by molar-refractivity contribution is 0.0752. The fraction of sp³-hybridized carbons (Fsp3) is 0.174. The summed E-state index contributed by atoms with van der Waals surface area (Å²) in [6.45, 7) is 2.74. The van der Waals surface area contributed by atoms with Crippen LogP contribution in [0.3, 0.4) is 0 Å². The van der Waals surface area contributed by atoms with Crippen LogP contribution in [0, 0.1) is 0 Å². The number of anilines is 1. The Morgan fingerprint density at radius 1 is 1.03 bits per heavy atom. The summed E-state index contributed by atoms with van der Waals surface area (Å²) in [5.41, 5.74) is 1.51. The molecule has 0 aliphatic heterocycles. The first-order chi connectivity index (χ1) is 14.8. The van der Waals surface area contributed by atoms with Crippen molar-refractivity contribution in [3.63, 3.8) is 0 Å². The van der Waals surface area contributed by atoms with E-state index in [1.165, 1.54) is 12.1 Å². The number of amides is 1. The molecular formula is C23H23ClN2O4S. The van der Waals surface area contributed by atoms with Crippen LogP contribution in [0.5, 0.6) is 5.75 Å². The summed E-state index contributed by atoms with van der Waals surface area (Å²) in [7, 11) is -2.31. The van der Waals surface area contributed by atoms with Gasteiger partial charge in [0.1, 0.15) is 5.75 Å². The summed E-state index contributed by atoms with van der Waals surface area (Å²) < 4.78 is 33.3. The summed E-state index contributed by atoms with van der Waals surface area (Å²) in [6, 6.07) is 20.0. The van der Waals surface area contributed by atoms with Crippen molar-refractivity contribution in [2.75, 3.05) is 18.4 Å². The zero-order chi connectivity index (χ0) is 22.4. The molecule has 162 valence electrons. The Hall–Kier alpha value is -3.03.